The number of aliphatic carboxylic acids is 1. The van der Waals surface area contributed by atoms with Crippen molar-refractivity contribution in [2.75, 3.05) is 6.54 Å². The normalized spacial score (nSPS) is 13.8. The maximum atomic E-state index is 11.9. The van der Waals surface area contributed by atoms with Crippen molar-refractivity contribution in [2.45, 2.75) is 12.2 Å². The minimum atomic E-state index is -4.45. The fraction of sp³-hybridized carbons (Fsp3) is 0.500. The van der Waals surface area contributed by atoms with Gasteiger partial charge in [-0.25, -0.2) is 0 Å². The van der Waals surface area contributed by atoms with Crippen LogP contribution < -0.4 is 5.32 Å². The Bertz CT molecular complexity index is 375. The van der Waals surface area contributed by atoms with E-state index in [-0.39, 0.29) is 5.56 Å². The first-order valence-electron chi connectivity index (χ1n) is 4.31. The second-order valence-electron chi connectivity index (χ2n) is 3.21. The molecule has 8 heteroatoms. The Balaban J connectivity index is 2.73. The third-order valence-electron chi connectivity index (χ3n) is 1.81. The van der Waals surface area contributed by atoms with Crippen LogP contribution in [0.5, 0.6) is 0 Å². The minimum absolute atomic E-state index is 0.180. The third kappa shape index (κ3) is 3.54. The summed E-state index contributed by atoms with van der Waals surface area (Å²) in [6.07, 6.45) is -1.89. The van der Waals surface area contributed by atoms with Gasteiger partial charge in [0.05, 0.1) is 12.7 Å². The van der Waals surface area contributed by atoms with Gasteiger partial charge in [0.1, 0.15) is 6.04 Å². The Morgan fingerprint density at radius 2 is 2.31 bits per heavy atom. The van der Waals surface area contributed by atoms with Crippen LogP contribution in [0.25, 0.3) is 0 Å². The second-order valence-corrected chi connectivity index (χ2v) is 3.21. The summed E-state index contributed by atoms with van der Waals surface area (Å²) in [4.78, 5) is 10.8. The molecule has 0 spiro atoms. The highest BCUT2D eigenvalue weighted by Gasteiger charge is 2.31. The molecule has 0 aromatic carbocycles. The highest BCUT2D eigenvalue weighted by molar-refractivity contribution is 5.75. The number of aryl methyl sites for hydroxylation is 1. The molecule has 2 N–H and O–H groups in total. The summed E-state index contributed by atoms with van der Waals surface area (Å²) in [5.74, 6) is -1.38. The Labute approximate surface area is 88.9 Å². The summed E-state index contributed by atoms with van der Waals surface area (Å²) in [6, 6.07) is -1.41. The maximum Gasteiger partial charge on any atom is 0.401 e. The molecule has 1 aromatic heterocycles. The minimum Gasteiger partial charge on any atom is -0.480 e. The standard InChI is InChI=1S/C8H10F3N3O2/c1-14-3-5(2-13-14)6(7(15)16)12-4-8(9,10)11/h2-3,6,12H,4H2,1H3,(H,15,16). The van der Waals surface area contributed by atoms with Crippen LogP contribution in [-0.2, 0) is 11.8 Å². The lowest BCUT2D eigenvalue weighted by Gasteiger charge is -2.14. The molecular weight excluding hydrogens is 227 g/mol. The van der Waals surface area contributed by atoms with Crippen molar-refractivity contribution in [3.63, 3.8) is 0 Å². The molecule has 90 valence electrons. The topological polar surface area (TPSA) is 67.2 Å². The van der Waals surface area contributed by atoms with E-state index in [0.29, 0.717) is 0 Å². The van der Waals surface area contributed by atoms with Gasteiger partial charge in [-0.2, -0.15) is 18.3 Å². The Morgan fingerprint density at radius 3 is 2.69 bits per heavy atom. The van der Waals surface area contributed by atoms with Crippen molar-refractivity contribution in [1.29, 1.82) is 0 Å². The fourth-order valence-corrected chi connectivity index (χ4v) is 1.15. The Hall–Kier alpha value is -1.57. The van der Waals surface area contributed by atoms with Gasteiger partial charge >= 0.3 is 12.1 Å². The predicted octanol–water partition coefficient (Wildman–Crippen LogP) is 0.698. The van der Waals surface area contributed by atoms with Crippen molar-refractivity contribution in [1.82, 2.24) is 15.1 Å². The molecule has 0 amide bonds. The molecule has 5 nitrogen and oxygen atoms in total. The molecule has 1 heterocycles. The summed E-state index contributed by atoms with van der Waals surface area (Å²) in [7, 11) is 1.55. The first-order valence-corrected chi connectivity index (χ1v) is 4.31. The van der Waals surface area contributed by atoms with Crippen molar-refractivity contribution in [2.24, 2.45) is 7.05 Å². The lowest BCUT2D eigenvalue weighted by atomic mass is 10.1. The molecule has 1 atom stereocenters. The zero-order chi connectivity index (χ0) is 12.3. The zero-order valence-electron chi connectivity index (χ0n) is 8.32. The smallest absolute Gasteiger partial charge is 0.401 e. The van der Waals surface area contributed by atoms with E-state index in [2.05, 4.69) is 5.10 Å². The number of carboxylic acid groups (broad SMARTS) is 1. The molecule has 0 aliphatic heterocycles. The SMILES string of the molecule is Cn1cc(C(NCC(F)(F)F)C(=O)O)cn1. The number of rotatable bonds is 4. The number of hydrogen-bond donors (Lipinski definition) is 2. The number of hydrogen-bond acceptors (Lipinski definition) is 3. The van der Waals surface area contributed by atoms with Gasteiger partial charge in [-0.3, -0.25) is 14.8 Å². The van der Waals surface area contributed by atoms with Gasteiger partial charge in [0.15, 0.2) is 0 Å². The molecule has 1 aromatic rings. The van der Waals surface area contributed by atoms with Crippen molar-refractivity contribution in [3.05, 3.63) is 18.0 Å². The molecule has 0 aliphatic carbocycles. The molecule has 0 fully saturated rings. The monoisotopic (exact) mass is 237 g/mol. The van der Waals surface area contributed by atoms with Gasteiger partial charge in [-0.05, 0) is 0 Å². The molecule has 1 unspecified atom stereocenters. The van der Waals surface area contributed by atoms with Crippen LogP contribution in [0.3, 0.4) is 0 Å². The summed E-state index contributed by atoms with van der Waals surface area (Å²) >= 11 is 0. The maximum absolute atomic E-state index is 11.9. The molecule has 0 saturated carbocycles. The predicted molar refractivity (Wildman–Crippen MR) is 47.6 cm³/mol. The number of aromatic nitrogens is 2. The van der Waals surface area contributed by atoms with Gasteiger partial charge in [-0.15, -0.1) is 0 Å². The van der Waals surface area contributed by atoms with Crippen LogP contribution in [0.4, 0.5) is 13.2 Å². The number of carbonyl (C=O) groups is 1. The van der Waals surface area contributed by atoms with E-state index in [1.54, 1.807) is 7.05 Å². The quantitative estimate of drug-likeness (QED) is 0.808. The molecule has 1 rings (SSSR count). The van der Waals surface area contributed by atoms with Crippen molar-refractivity contribution >= 4 is 5.97 Å². The van der Waals surface area contributed by atoms with Gasteiger partial charge in [-0.1, -0.05) is 0 Å². The van der Waals surface area contributed by atoms with Crippen LogP contribution in [0.15, 0.2) is 12.4 Å². The molecule has 16 heavy (non-hydrogen) atoms. The average molecular weight is 237 g/mol. The Morgan fingerprint density at radius 1 is 1.69 bits per heavy atom. The zero-order valence-corrected chi connectivity index (χ0v) is 8.32. The van der Waals surface area contributed by atoms with Gasteiger partial charge < -0.3 is 5.11 Å². The summed E-state index contributed by atoms with van der Waals surface area (Å²) in [5.41, 5.74) is 0.180. The van der Waals surface area contributed by atoms with E-state index in [1.807, 2.05) is 5.32 Å². The van der Waals surface area contributed by atoms with Crippen LogP contribution in [0.2, 0.25) is 0 Å². The highest BCUT2D eigenvalue weighted by atomic mass is 19.4. The lowest BCUT2D eigenvalue weighted by molar-refractivity contribution is -0.143. The fourth-order valence-electron chi connectivity index (χ4n) is 1.15. The summed E-state index contributed by atoms with van der Waals surface area (Å²) < 4.78 is 37.1. The van der Waals surface area contributed by atoms with Crippen LogP contribution in [-0.4, -0.2) is 33.6 Å². The average Bonchev–Trinajstić information content (AvgIpc) is 2.49. The van der Waals surface area contributed by atoms with Crippen molar-refractivity contribution < 1.29 is 23.1 Å². The van der Waals surface area contributed by atoms with Gasteiger partial charge in [0.2, 0.25) is 0 Å². The lowest BCUT2D eigenvalue weighted by Crippen LogP contribution is -2.35. The number of halogens is 3. The van der Waals surface area contributed by atoms with Crippen LogP contribution in [0.1, 0.15) is 11.6 Å². The van der Waals surface area contributed by atoms with E-state index in [1.165, 1.54) is 17.1 Å². The second kappa shape index (κ2) is 4.52. The van der Waals surface area contributed by atoms with Gasteiger partial charge in [0, 0.05) is 18.8 Å². The largest absolute Gasteiger partial charge is 0.480 e. The van der Waals surface area contributed by atoms with Gasteiger partial charge in [0.25, 0.3) is 0 Å². The Kier molecular flexibility index (Phi) is 3.53. The van der Waals surface area contributed by atoms with Crippen LogP contribution >= 0.6 is 0 Å². The number of nitrogens with zero attached hydrogens (tertiary/aromatic N) is 2. The first-order chi connectivity index (χ1) is 7.29. The number of nitrogens with one attached hydrogen (secondary N) is 1. The number of alkyl halides is 3. The van der Waals surface area contributed by atoms with E-state index in [9.17, 15) is 18.0 Å². The molecule has 0 aliphatic rings. The van der Waals surface area contributed by atoms with E-state index in [4.69, 9.17) is 5.11 Å². The third-order valence-corrected chi connectivity index (χ3v) is 1.81. The number of carboxylic acids is 1. The van der Waals surface area contributed by atoms with E-state index < -0.39 is 24.7 Å². The first kappa shape index (κ1) is 12.5. The van der Waals surface area contributed by atoms with Crippen molar-refractivity contribution in [3.8, 4) is 0 Å². The van der Waals surface area contributed by atoms with E-state index in [0.717, 1.165) is 0 Å². The summed E-state index contributed by atoms with van der Waals surface area (Å²) in [5, 5.41) is 14.4. The highest BCUT2D eigenvalue weighted by Crippen LogP contribution is 2.17. The molecular formula is C8H10F3N3O2. The summed E-state index contributed by atoms with van der Waals surface area (Å²) in [6.45, 7) is -1.36. The van der Waals surface area contributed by atoms with Crippen LogP contribution in [0, 0.1) is 0 Å². The molecule has 0 radical (unpaired) electrons. The van der Waals surface area contributed by atoms with E-state index >= 15 is 0 Å². The molecule has 0 saturated heterocycles. The molecule has 0 bridgehead atoms.